The molecule has 0 spiro atoms. The molecule has 0 fully saturated rings. The van der Waals surface area contributed by atoms with Gasteiger partial charge in [-0.2, -0.15) is 0 Å². The summed E-state index contributed by atoms with van der Waals surface area (Å²) in [6.07, 6.45) is 0.821. The van der Waals surface area contributed by atoms with E-state index in [1.807, 2.05) is 12.2 Å². The number of nitrogens with zero attached hydrogens (tertiary/aromatic N) is 1. The first-order valence-corrected chi connectivity index (χ1v) is 11.1. The zero-order valence-corrected chi connectivity index (χ0v) is 18.0. The molecule has 3 amide bonds. The van der Waals surface area contributed by atoms with E-state index in [9.17, 15) is 22.8 Å². The molecule has 0 unspecified atom stereocenters. The Labute approximate surface area is 174 Å². The van der Waals surface area contributed by atoms with Gasteiger partial charge in [0, 0.05) is 11.9 Å². The number of sulfonamides is 1. The van der Waals surface area contributed by atoms with Crippen LogP contribution in [0.2, 0.25) is 0 Å². The number of ether oxygens (including phenoxy) is 2. The lowest BCUT2D eigenvalue weighted by molar-refractivity contribution is 0.0526. The summed E-state index contributed by atoms with van der Waals surface area (Å²) in [7, 11) is -3.85. The number of carbonyl (C=O) groups excluding carboxylic acids is 3. The van der Waals surface area contributed by atoms with E-state index < -0.39 is 28.1 Å². The molecule has 11 heteroatoms. The first kappa shape index (κ1) is 23.2. The van der Waals surface area contributed by atoms with Crippen LogP contribution in [0.25, 0.3) is 11.0 Å². The molecule has 1 aromatic heterocycles. The predicted molar refractivity (Wildman–Crippen MR) is 108 cm³/mol. The van der Waals surface area contributed by atoms with Gasteiger partial charge in [0.25, 0.3) is 0 Å². The van der Waals surface area contributed by atoms with Gasteiger partial charge in [-0.1, -0.05) is 13.3 Å². The van der Waals surface area contributed by atoms with Gasteiger partial charge in [0.2, 0.25) is 10.0 Å². The molecule has 30 heavy (non-hydrogen) atoms. The van der Waals surface area contributed by atoms with Crippen molar-refractivity contribution in [3.05, 3.63) is 29.5 Å². The van der Waals surface area contributed by atoms with Crippen LogP contribution >= 0.6 is 0 Å². The molecule has 0 bridgehead atoms. The molecular formula is C19H24N2O8S. The van der Waals surface area contributed by atoms with Crippen molar-refractivity contribution in [3.8, 4) is 5.75 Å². The topological polar surface area (TPSA) is 132 Å². The Bertz CT molecular complexity index is 1060. The smallest absolute Gasteiger partial charge is 0.420 e. The third kappa shape index (κ3) is 5.50. The highest BCUT2D eigenvalue weighted by atomic mass is 32.2. The van der Waals surface area contributed by atoms with Crippen LogP contribution in [0, 0.1) is 6.92 Å². The van der Waals surface area contributed by atoms with E-state index in [1.54, 1.807) is 13.8 Å². The van der Waals surface area contributed by atoms with Crippen LogP contribution in [-0.4, -0.2) is 50.2 Å². The quantitative estimate of drug-likeness (QED) is 0.649. The fraction of sp³-hybridized carbons (Fsp3) is 0.421. The number of furan rings is 1. The Balaban J connectivity index is 2.19. The van der Waals surface area contributed by atoms with Crippen molar-refractivity contribution in [2.24, 2.45) is 0 Å². The molecule has 2 aromatic rings. The largest absolute Gasteiger partial charge is 0.462 e. The van der Waals surface area contributed by atoms with E-state index >= 15 is 0 Å². The molecule has 0 radical (unpaired) electrons. The van der Waals surface area contributed by atoms with Crippen molar-refractivity contribution in [2.45, 2.75) is 33.6 Å². The number of hydrogen-bond donors (Lipinski definition) is 1. The van der Waals surface area contributed by atoms with Crippen molar-refractivity contribution in [1.82, 2.24) is 9.62 Å². The molecule has 164 valence electrons. The summed E-state index contributed by atoms with van der Waals surface area (Å²) >= 11 is 0. The number of urea groups is 1. The second kappa shape index (κ2) is 9.61. The summed E-state index contributed by atoms with van der Waals surface area (Å²) in [5, 5.41) is 2.26. The second-order valence-electron chi connectivity index (χ2n) is 6.42. The number of aryl methyl sites for hydroxylation is 1. The van der Waals surface area contributed by atoms with Gasteiger partial charge in [-0.3, -0.25) is 0 Å². The van der Waals surface area contributed by atoms with E-state index in [-0.39, 0.29) is 24.5 Å². The monoisotopic (exact) mass is 440 g/mol. The number of hydrogen-bond acceptors (Lipinski definition) is 8. The van der Waals surface area contributed by atoms with E-state index in [4.69, 9.17) is 13.9 Å². The molecule has 0 saturated heterocycles. The lowest BCUT2D eigenvalue weighted by Gasteiger charge is -2.19. The van der Waals surface area contributed by atoms with Crippen molar-refractivity contribution in [3.63, 3.8) is 0 Å². The Morgan fingerprint density at radius 2 is 1.90 bits per heavy atom. The molecule has 10 nitrogen and oxygen atoms in total. The van der Waals surface area contributed by atoms with E-state index in [0.29, 0.717) is 33.9 Å². The van der Waals surface area contributed by atoms with Gasteiger partial charge in [0.15, 0.2) is 0 Å². The minimum atomic E-state index is -3.85. The molecular weight excluding hydrogens is 416 g/mol. The summed E-state index contributed by atoms with van der Waals surface area (Å²) < 4.78 is 39.7. The van der Waals surface area contributed by atoms with Crippen molar-refractivity contribution in [1.29, 1.82) is 0 Å². The standard InChI is InChI=1S/C19H24N2O8S/c1-5-7-10-21(30(4,25)26)18(23)20-19(24)29-13-8-9-15-14(11-13)16(12(3)28-15)17(22)27-6-2/h8-9,11H,5-7,10H2,1-4H3,(H,20,23,24). The van der Waals surface area contributed by atoms with E-state index in [2.05, 4.69) is 0 Å². The van der Waals surface area contributed by atoms with Gasteiger partial charge in [-0.25, -0.2) is 32.4 Å². The third-order valence-corrected chi connectivity index (χ3v) is 5.23. The molecule has 2 rings (SSSR count). The minimum Gasteiger partial charge on any atom is -0.462 e. The maximum absolute atomic E-state index is 12.2. The van der Waals surface area contributed by atoms with Crippen LogP contribution < -0.4 is 10.1 Å². The van der Waals surface area contributed by atoms with Crippen LogP contribution in [-0.2, 0) is 14.8 Å². The number of rotatable bonds is 7. The number of amides is 3. The number of fused-ring (bicyclic) bond motifs is 1. The second-order valence-corrected chi connectivity index (χ2v) is 8.33. The van der Waals surface area contributed by atoms with Gasteiger partial charge in [0.05, 0.1) is 12.9 Å². The molecule has 0 aliphatic carbocycles. The molecule has 0 aliphatic rings. The zero-order chi connectivity index (χ0) is 22.5. The first-order valence-electron chi connectivity index (χ1n) is 9.29. The molecule has 1 N–H and O–H groups in total. The molecule has 1 aromatic carbocycles. The Hall–Kier alpha value is -3.08. The summed E-state index contributed by atoms with van der Waals surface area (Å²) in [6.45, 7) is 5.24. The number of benzene rings is 1. The average Bonchev–Trinajstić information content (AvgIpc) is 2.96. The van der Waals surface area contributed by atoms with Gasteiger partial charge in [-0.15, -0.1) is 0 Å². The van der Waals surface area contributed by atoms with Gasteiger partial charge < -0.3 is 13.9 Å². The highest BCUT2D eigenvalue weighted by molar-refractivity contribution is 7.88. The maximum Gasteiger partial charge on any atom is 0.420 e. The lowest BCUT2D eigenvalue weighted by Crippen LogP contribution is -2.46. The van der Waals surface area contributed by atoms with Crippen molar-refractivity contribution >= 4 is 39.1 Å². The number of carbonyl (C=O) groups is 3. The normalized spacial score (nSPS) is 11.2. The summed E-state index contributed by atoms with van der Waals surface area (Å²) in [6, 6.07) is 3.20. The SMILES string of the molecule is CCCCN(C(=O)NC(=O)Oc1ccc2oc(C)c(C(=O)OCC)c2c1)S(C)(=O)=O. The zero-order valence-electron chi connectivity index (χ0n) is 17.2. The Kier molecular flexibility index (Phi) is 7.43. The van der Waals surface area contributed by atoms with Crippen LogP contribution in [0.3, 0.4) is 0 Å². The first-order chi connectivity index (χ1) is 14.1. The highest BCUT2D eigenvalue weighted by Crippen LogP contribution is 2.29. The maximum atomic E-state index is 12.2. The molecule has 0 saturated carbocycles. The highest BCUT2D eigenvalue weighted by Gasteiger charge is 2.25. The molecule has 1 heterocycles. The number of esters is 1. The van der Waals surface area contributed by atoms with Crippen LogP contribution in [0.15, 0.2) is 22.6 Å². The minimum absolute atomic E-state index is 0.0265. The number of imide groups is 1. The van der Waals surface area contributed by atoms with Crippen LogP contribution in [0.4, 0.5) is 9.59 Å². The number of unbranched alkanes of at least 4 members (excludes halogenated alkanes) is 1. The van der Waals surface area contributed by atoms with Gasteiger partial charge in [0.1, 0.15) is 22.7 Å². The molecule has 0 atom stereocenters. The van der Waals surface area contributed by atoms with Crippen LogP contribution in [0.1, 0.15) is 42.8 Å². The fourth-order valence-electron chi connectivity index (χ4n) is 2.72. The molecule has 0 aliphatic heterocycles. The van der Waals surface area contributed by atoms with Crippen LogP contribution in [0.5, 0.6) is 5.75 Å². The van der Waals surface area contributed by atoms with Gasteiger partial charge >= 0.3 is 18.1 Å². The van der Waals surface area contributed by atoms with Crippen molar-refractivity contribution in [2.75, 3.05) is 19.4 Å². The Morgan fingerprint density at radius 1 is 1.20 bits per heavy atom. The summed E-state index contributed by atoms with van der Waals surface area (Å²) in [5.74, 6) is -0.205. The van der Waals surface area contributed by atoms with E-state index in [0.717, 1.165) is 6.26 Å². The predicted octanol–water partition coefficient (Wildman–Crippen LogP) is 3.19. The summed E-state index contributed by atoms with van der Waals surface area (Å²) in [5.41, 5.74) is 0.596. The number of nitrogens with one attached hydrogen (secondary N) is 1. The van der Waals surface area contributed by atoms with E-state index in [1.165, 1.54) is 18.2 Å². The fourth-order valence-corrected chi connectivity index (χ4v) is 3.53. The summed E-state index contributed by atoms with van der Waals surface area (Å²) in [4.78, 5) is 36.5. The van der Waals surface area contributed by atoms with Gasteiger partial charge in [-0.05, 0) is 38.5 Å². The Morgan fingerprint density at radius 3 is 2.50 bits per heavy atom. The lowest BCUT2D eigenvalue weighted by atomic mass is 10.1. The van der Waals surface area contributed by atoms with Crippen molar-refractivity contribution < 1.29 is 36.7 Å². The third-order valence-electron chi connectivity index (χ3n) is 4.08. The average molecular weight is 440 g/mol.